The first-order valence-corrected chi connectivity index (χ1v) is 10.2. The molecule has 0 bridgehead atoms. The molecule has 1 amide bonds. The number of carbonyl (C=O) groups excluding carboxylic acids is 1. The summed E-state index contributed by atoms with van der Waals surface area (Å²) in [5, 5.41) is 7.63. The zero-order valence-corrected chi connectivity index (χ0v) is 17.4. The largest absolute Gasteiger partial charge is 0.451 e. The summed E-state index contributed by atoms with van der Waals surface area (Å²) in [5.41, 5.74) is 1.02. The molecular formula is C23H15F4N5O2. The fraction of sp³-hybridized carbons (Fsp3) is 0.174. The summed E-state index contributed by atoms with van der Waals surface area (Å²) in [6, 6.07) is 11.0. The number of H-pyrrole nitrogens is 1. The Kier molecular flexibility index (Phi) is 5.11. The van der Waals surface area contributed by atoms with E-state index in [1.165, 1.54) is 17.0 Å². The second-order valence-electron chi connectivity index (χ2n) is 7.86. The van der Waals surface area contributed by atoms with Crippen molar-refractivity contribution in [3.8, 4) is 0 Å². The summed E-state index contributed by atoms with van der Waals surface area (Å²) in [5.74, 6) is -2.72. The lowest BCUT2D eigenvalue weighted by Crippen LogP contribution is -2.26. The minimum Gasteiger partial charge on any atom is -0.328 e. The first-order valence-electron chi connectivity index (χ1n) is 10.2. The van der Waals surface area contributed by atoms with Gasteiger partial charge in [-0.3, -0.25) is 9.59 Å². The molecular weight excluding hydrogens is 454 g/mol. The standard InChI is InChI=1S/C23H15F4N5O2/c24-17-6-5-12(8-18-14-3-1-2-4-15(14)20(33)31-30-18)7-16(17)21(34)32-10-13-9-28-22(23(25,26)27)29-19(13)11-32/h1-7,9H,8,10-11H2,(H,31,33). The molecule has 172 valence electrons. The van der Waals surface area contributed by atoms with Gasteiger partial charge < -0.3 is 4.90 Å². The van der Waals surface area contributed by atoms with Gasteiger partial charge in [0.25, 0.3) is 11.5 Å². The number of fused-ring (bicyclic) bond motifs is 2. The molecule has 1 aliphatic heterocycles. The summed E-state index contributed by atoms with van der Waals surface area (Å²) in [6.45, 7) is -0.211. The topological polar surface area (TPSA) is 91.8 Å². The van der Waals surface area contributed by atoms with Crippen LogP contribution in [0.2, 0.25) is 0 Å². The summed E-state index contributed by atoms with van der Waals surface area (Å²) >= 11 is 0. The molecule has 2 aromatic heterocycles. The number of nitrogens with one attached hydrogen (secondary N) is 1. The number of carbonyl (C=O) groups is 1. The van der Waals surface area contributed by atoms with E-state index in [1.54, 1.807) is 24.3 Å². The summed E-state index contributed by atoms with van der Waals surface area (Å²) in [7, 11) is 0. The number of benzene rings is 2. The molecule has 0 atom stereocenters. The highest BCUT2D eigenvalue weighted by atomic mass is 19.4. The lowest BCUT2D eigenvalue weighted by atomic mass is 10.0. The summed E-state index contributed by atoms with van der Waals surface area (Å²) < 4.78 is 53.3. The molecule has 5 rings (SSSR count). The molecule has 0 fully saturated rings. The van der Waals surface area contributed by atoms with E-state index in [-0.39, 0.29) is 36.3 Å². The van der Waals surface area contributed by atoms with Crippen molar-refractivity contribution in [1.29, 1.82) is 0 Å². The Morgan fingerprint density at radius 2 is 1.85 bits per heavy atom. The Labute approximate surface area is 189 Å². The average Bonchev–Trinajstić information content (AvgIpc) is 3.25. The third-order valence-electron chi connectivity index (χ3n) is 5.60. The van der Waals surface area contributed by atoms with Crippen molar-refractivity contribution in [2.45, 2.75) is 25.7 Å². The molecule has 3 heterocycles. The number of halogens is 4. The van der Waals surface area contributed by atoms with Crippen LogP contribution >= 0.6 is 0 Å². The van der Waals surface area contributed by atoms with Crippen LogP contribution in [-0.2, 0) is 25.7 Å². The number of nitrogens with zero attached hydrogens (tertiary/aromatic N) is 4. The average molecular weight is 469 g/mol. The SMILES string of the molecule is O=C(c1cc(Cc2n[nH]c(=O)c3ccccc23)ccc1F)N1Cc2cnc(C(F)(F)F)nc2C1. The maximum Gasteiger partial charge on any atom is 0.451 e. The molecule has 0 saturated heterocycles. The molecule has 0 aliphatic carbocycles. The number of hydrogen-bond acceptors (Lipinski definition) is 5. The van der Waals surface area contributed by atoms with Crippen LogP contribution in [0.1, 0.15) is 38.7 Å². The molecule has 7 nitrogen and oxygen atoms in total. The van der Waals surface area contributed by atoms with Gasteiger partial charge in [-0.1, -0.05) is 24.3 Å². The second-order valence-corrected chi connectivity index (χ2v) is 7.86. The van der Waals surface area contributed by atoms with Crippen molar-refractivity contribution in [3.63, 3.8) is 0 Å². The van der Waals surface area contributed by atoms with E-state index in [1.807, 2.05) is 0 Å². The zero-order chi connectivity index (χ0) is 24.0. The lowest BCUT2D eigenvalue weighted by Gasteiger charge is -2.16. The molecule has 1 N–H and O–H groups in total. The zero-order valence-electron chi connectivity index (χ0n) is 17.4. The van der Waals surface area contributed by atoms with Crippen LogP contribution < -0.4 is 5.56 Å². The smallest absolute Gasteiger partial charge is 0.328 e. The van der Waals surface area contributed by atoms with E-state index >= 15 is 0 Å². The first kappa shape index (κ1) is 21.7. The fourth-order valence-electron chi connectivity index (χ4n) is 3.95. The Balaban J connectivity index is 1.42. The van der Waals surface area contributed by atoms with Crippen LogP contribution in [0.4, 0.5) is 17.6 Å². The van der Waals surface area contributed by atoms with Crippen molar-refractivity contribution in [2.24, 2.45) is 0 Å². The molecule has 2 aromatic carbocycles. The number of rotatable bonds is 3. The van der Waals surface area contributed by atoms with Gasteiger partial charge in [0.05, 0.1) is 28.9 Å². The molecule has 1 aliphatic rings. The number of aromatic nitrogens is 4. The quantitative estimate of drug-likeness (QED) is 0.463. The van der Waals surface area contributed by atoms with Crippen LogP contribution in [-0.4, -0.2) is 31.0 Å². The van der Waals surface area contributed by atoms with Crippen LogP contribution in [0.3, 0.4) is 0 Å². The van der Waals surface area contributed by atoms with Gasteiger partial charge >= 0.3 is 6.18 Å². The van der Waals surface area contributed by atoms with E-state index in [2.05, 4.69) is 20.2 Å². The molecule has 0 spiro atoms. The highest BCUT2D eigenvalue weighted by Crippen LogP contribution is 2.30. The minimum absolute atomic E-state index is 0.0257. The van der Waals surface area contributed by atoms with Crippen LogP contribution in [0.5, 0.6) is 0 Å². The third kappa shape index (κ3) is 3.89. The summed E-state index contributed by atoms with van der Waals surface area (Å²) in [4.78, 5) is 33.1. The Bertz CT molecular complexity index is 1500. The third-order valence-corrected chi connectivity index (χ3v) is 5.60. The van der Waals surface area contributed by atoms with E-state index in [0.717, 1.165) is 12.3 Å². The van der Waals surface area contributed by atoms with E-state index in [4.69, 9.17) is 0 Å². The molecule has 0 unspecified atom stereocenters. The highest BCUT2D eigenvalue weighted by molar-refractivity contribution is 5.95. The van der Waals surface area contributed by atoms with Gasteiger partial charge in [0.1, 0.15) is 5.82 Å². The normalized spacial score (nSPS) is 13.4. The van der Waals surface area contributed by atoms with Crippen molar-refractivity contribution < 1.29 is 22.4 Å². The van der Waals surface area contributed by atoms with Crippen LogP contribution in [0.15, 0.2) is 53.5 Å². The number of hydrogen-bond donors (Lipinski definition) is 1. The molecule has 11 heteroatoms. The van der Waals surface area contributed by atoms with Gasteiger partial charge in [0, 0.05) is 30.1 Å². The van der Waals surface area contributed by atoms with E-state index < -0.39 is 23.7 Å². The predicted molar refractivity (Wildman–Crippen MR) is 112 cm³/mol. The lowest BCUT2D eigenvalue weighted by molar-refractivity contribution is -0.145. The number of alkyl halides is 3. The monoisotopic (exact) mass is 469 g/mol. The molecule has 0 saturated carbocycles. The Morgan fingerprint density at radius 3 is 2.62 bits per heavy atom. The van der Waals surface area contributed by atoms with Gasteiger partial charge in [0.15, 0.2) is 0 Å². The van der Waals surface area contributed by atoms with Gasteiger partial charge in [-0.25, -0.2) is 19.5 Å². The van der Waals surface area contributed by atoms with Gasteiger partial charge in [-0.15, -0.1) is 0 Å². The molecule has 0 radical (unpaired) electrons. The number of amides is 1. The number of aromatic amines is 1. The Hall–Kier alpha value is -4.15. The maximum absolute atomic E-state index is 14.6. The van der Waals surface area contributed by atoms with Gasteiger partial charge in [-0.05, 0) is 23.8 Å². The first-order chi connectivity index (χ1) is 16.2. The highest BCUT2D eigenvalue weighted by Gasteiger charge is 2.37. The predicted octanol–water partition coefficient (Wildman–Crippen LogP) is 3.62. The second kappa shape index (κ2) is 8.01. The van der Waals surface area contributed by atoms with Crippen molar-refractivity contribution in [3.05, 3.63) is 98.7 Å². The molecule has 34 heavy (non-hydrogen) atoms. The summed E-state index contributed by atoms with van der Waals surface area (Å²) in [6.07, 6.45) is -3.44. The van der Waals surface area contributed by atoms with Crippen LogP contribution in [0, 0.1) is 5.82 Å². The van der Waals surface area contributed by atoms with E-state index in [0.29, 0.717) is 27.6 Å². The van der Waals surface area contributed by atoms with E-state index in [9.17, 15) is 27.2 Å². The van der Waals surface area contributed by atoms with Crippen molar-refractivity contribution >= 4 is 16.7 Å². The van der Waals surface area contributed by atoms with Gasteiger partial charge in [-0.2, -0.15) is 18.3 Å². The molecule has 4 aromatic rings. The van der Waals surface area contributed by atoms with Gasteiger partial charge in [0.2, 0.25) is 5.82 Å². The van der Waals surface area contributed by atoms with Crippen LogP contribution in [0.25, 0.3) is 10.8 Å². The van der Waals surface area contributed by atoms with Crippen molar-refractivity contribution in [1.82, 2.24) is 25.1 Å². The minimum atomic E-state index is -4.70. The fourth-order valence-corrected chi connectivity index (χ4v) is 3.95. The Morgan fingerprint density at radius 1 is 1.09 bits per heavy atom. The maximum atomic E-state index is 14.6. The van der Waals surface area contributed by atoms with Crippen molar-refractivity contribution in [2.75, 3.05) is 0 Å².